The molecule has 0 spiro atoms. The minimum Gasteiger partial charge on any atom is -0.307 e. The Bertz CT molecular complexity index is 534. The third-order valence-electron chi connectivity index (χ3n) is 3.02. The molecule has 0 amide bonds. The van der Waals surface area contributed by atoms with Crippen molar-refractivity contribution in [2.75, 3.05) is 6.54 Å². The summed E-state index contributed by atoms with van der Waals surface area (Å²) < 4.78 is 0. The molecule has 0 saturated heterocycles. The molecule has 1 unspecified atom stereocenters. The molecule has 0 aliphatic rings. The Balaban J connectivity index is 1.86. The Kier molecular flexibility index (Phi) is 5.20. The van der Waals surface area contributed by atoms with Crippen LogP contribution >= 0.6 is 11.6 Å². The molecule has 2 rings (SSSR count). The second-order valence-corrected chi connectivity index (χ2v) is 4.87. The monoisotopic (exact) mass is 271 g/mol. The van der Waals surface area contributed by atoms with Gasteiger partial charge in [-0.2, -0.15) is 0 Å². The van der Waals surface area contributed by atoms with Crippen LogP contribution in [0.4, 0.5) is 0 Å². The molecule has 0 aliphatic heterocycles. The first-order valence-corrected chi connectivity index (χ1v) is 6.84. The van der Waals surface area contributed by atoms with Gasteiger partial charge in [-0.15, -0.1) is 0 Å². The van der Waals surface area contributed by atoms with Crippen molar-refractivity contribution in [3.8, 4) is 0 Å². The van der Waals surface area contributed by atoms with Crippen LogP contribution in [0.3, 0.4) is 0 Å². The predicted molar refractivity (Wildman–Crippen MR) is 83.3 cm³/mol. The molecule has 0 aromatic heterocycles. The number of halogens is 1. The molecule has 0 aliphatic carbocycles. The molecule has 98 valence electrons. The fourth-order valence-electron chi connectivity index (χ4n) is 1.94. The molecule has 0 heterocycles. The van der Waals surface area contributed by atoms with Gasteiger partial charge in [0.1, 0.15) is 0 Å². The Morgan fingerprint density at radius 2 is 1.74 bits per heavy atom. The Labute approximate surface area is 119 Å². The van der Waals surface area contributed by atoms with Gasteiger partial charge in [0.05, 0.1) is 0 Å². The molecule has 2 heteroatoms. The van der Waals surface area contributed by atoms with Gasteiger partial charge in [-0.3, -0.25) is 0 Å². The molecule has 2 aromatic rings. The first-order chi connectivity index (χ1) is 9.27. The fraction of sp³-hybridized carbons (Fsp3) is 0.176. The van der Waals surface area contributed by atoms with Crippen LogP contribution in [0.1, 0.15) is 24.1 Å². The molecule has 0 saturated carbocycles. The maximum atomic E-state index is 6.17. The second kappa shape index (κ2) is 7.13. The van der Waals surface area contributed by atoms with Gasteiger partial charge >= 0.3 is 0 Å². The zero-order chi connectivity index (χ0) is 13.5. The summed E-state index contributed by atoms with van der Waals surface area (Å²) in [6, 6.07) is 18.5. The summed E-state index contributed by atoms with van der Waals surface area (Å²) >= 11 is 6.17. The van der Waals surface area contributed by atoms with Crippen molar-refractivity contribution in [1.82, 2.24) is 5.32 Å². The lowest BCUT2D eigenvalue weighted by molar-refractivity contribution is 0.618. The maximum Gasteiger partial charge on any atom is 0.0453 e. The van der Waals surface area contributed by atoms with Gasteiger partial charge in [-0.1, -0.05) is 72.3 Å². The molecule has 1 nitrogen and oxygen atoms in total. The third kappa shape index (κ3) is 4.23. The summed E-state index contributed by atoms with van der Waals surface area (Å²) in [6.45, 7) is 2.94. The van der Waals surface area contributed by atoms with Crippen molar-refractivity contribution >= 4 is 17.7 Å². The van der Waals surface area contributed by atoms with E-state index in [1.54, 1.807) is 0 Å². The molecule has 0 fully saturated rings. The van der Waals surface area contributed by atoms with Crippen molar-refractivity contribution in [2.24, 2.45) is 0 Å². The highest BCUT2D eigenvalue weighted by molar-refractivity contribution is 6.31. The van der Waals surface area contributed by atoms with Crippen molar-refractivity contribution in [3.05, 3.63) is 76.8 Å². The van der Waals surface area contributed by atoms with Crippen LogP contribution in [0, 0.1) is 0 Å². The number of rotatable bonds is 5. The summed E-state index contributed by atoms with van der Waals surface area (Å²) in [5, 5.41) is 4.25. The lowest BCUT2D eigenvalue weighted by Gasteiger charge is -2.14. The van der Waals surface area contributed by atoms with E-state index in [1.165, 1.54) is 5.56 Å². The van der Waals surface area contributed by atoms with Crippen LogP contribution in [0.5, 0.6) is 0 Å². The standard InChI is InChI=1S/C17H18ClN/c1-14(16-11-5-6-12-17(16)18)19-13-7-10-15-8-3-2-4-9-15/h2-12,14,19H,13H2,1H3. The largest absolute Gasteiger partial charge is 0.307 e. The fourth-order valence-corrected chi connectivity index (χ4v) is 2.24. The van der Waals surface area contributed by atoms with Gasteiger partial charge in [0, 0.05) is 17.6 Å². The summed E-state index contributed by atoms with van der Waals surface area (Å²) in [5.74, 6) is 0. The summed E-state index contributed by atoms with van der Waals surface area (Å²) in [4.78, 5) is 0. The minimum absolute atomic E-state index is 0.245. The van der Waals surface area contributed by atoms with E-state index in [0.29, 0.717) is 0 Å². The number of hydrogen-bond acceptors (Lipinski definition) is 1. The highest BCUT2D eigenvalue weighted by atomic mass is 35.5. The van der Waals surface area contributed by atoms with E-state index in [0.717, 1.165) is 17.1 Å². The zero-order valence-electron chi connectivity index (χ0n) is 11.0. The van der Waals surface area contributed by atoms with Crippen LogP contribution in [0.2, 0.25) is 5.02 Å². The average molecular weight is 272 g/mol. The average Bonchev–Trinajstić information content (AvgIpc) is 2.45. The van der Waals surface area contributed by atoms with Crippen molar-refractivity contribution < 1.29 is 0 Å². The smallest absolute Gasteiger partial charge is 0.0453 e. The van der Waals surface area contributed by atoms with E-state index in [-0.39, 0.29) is 6.04 Å². The maximum absolute atomic E-state index is 6.17. The van der Waals surface area contributed by atoms with E-state index in [4.69, 9.17) is 11.6 Å². The Hall–Kier alpha value is -1.57. The Morgan fingerprint density at radius 1 is 1.05 bits per heavy atom. The van der Waals surface area contributed by atoms with Crippen LogP contribution in [-0.2, 0) is 0 Å². The first-order valence-electron chi connectivity index (χ1n) is 6.47. The summed E-state index contributed by atoms with van der Waals surface area (Å²) in [7, 11) is 0. The molecule has 1 N–H and O–H groups in total. The first kappa shape index (κ1) is 13.9. The zero-order valence-corrected chi connectivity index (χ0v) is 11.8. The van der Waals surface area contributed by atoms with Gasteiger partial charge < -0.3 is 5.32 Å². The summed E-state index contributed by atoms with van der Waals surface area (Å²) in [6.07, 6.45) is 4.25. The van der Waals surface area contributed by atoms with Crippen LogP contribution in [0.15, 0.2) is 60.7 Å². The van der Waals surface area contributed by atoms with E-state index in [2.05, 4.69) is 42.6 Å². The van der Waals surface area contributed by atoms with Crippen molar-refractivity contribution in [2.45, 2.75) is 13.0 Å². The molecule has 1 atom stereocenters. The van der Waals surface area contributed by atoms with Crippen LogP contribution in [0.25, 0.3) is 6.08 Å². The minimum atomic E-state index is 0.245. The molecule has 0 bridgehead atoms. The molecular formula is C17H18ClN. The number of benzene rings is 2. The van der Waals surface area contributed by atoms with Crippen LogP contribution < -0.4 is 5.32 Å². The lowest BCUT2D eigenvalue weighted by Crippen LogP contribution is -2.18. The van der Waals surface area contributed by atoms with Gasteiger partial charge in [0.25, 0.3) is 0 Å². The van der Waals surface area contributed by atoms with E-state index in [9.17, 15) is 0 Å². The second-order valence-electron chi connectivity index (χ2n) is 4.46. The van der Waals surface area contributed by atoms with Gasteiger partial charge in [-0.25, -0.2) is 0 Å². The normalized spacial score (nSPS) is 12.7. The highest BCUT2D eigenvalue weighted by Gasteiger charge is 2.06. The van der Waals surface area contributed by atoms with E-state index < -0.39 is 0 Å². The van der Waals surface area contributed by atoms with Crippen molar-refractivity contribution in [3.63, 3.8) is 0 Å². The predicted octanol–water partition coefficient (Wildman–Crippen LogP) is 4.70. The van der Waals surface area contributed by atoms with E-state index in [1.807, 2.05) is 36.4 Å². The summed E-state index contributed by atoms with van der Waals surface area (Å²) in [5.41, 5.74) is 2.35. The Morgan fingerprint density at radius 3 is 2.47 bits per heavy atom. The quantitative estimate of drug-likeness (QED) is 0.831. The highest BCUT2D eigenvalue weighted by Crippen LogP contribution is 2.21. The van der Waals surface area contributed by atoms with Crippen LogP contribution in [-0.4, -0.2) is 6.54 Å². The van der Waals surface area contributed by atoms with Gasteiger partial charge in [-0.05, 0) is 24.1 Å². The number of nitrogens with one attached hydrogen (secondary N) is 1. The molecule has 0 radical (unpaired) electrons. The van der Waals surface area contributed by atoms with Gasteiger partial charge in [0.15, 0.2) is 0 Å². The molecule has 19 heavy (non-hydrogen) atoms. The lowest BCUT2D eigenvalue weighted by atomic mass is 10.1. The topological polar surface area (TPSA) is 12.0 Å². The SMILES string of the molecule is CC(NCC=Cc1ccccc1)c1ccccc1Cl. The van der Waals surface area contributed by atoms with Crippen molar-refractivity contribution in [1.29, 1.82) is 0 Å². The molecular weight excluding hydrogens is 254 g/mol. The number of hydrogen-bond donors (Lipinski definition) is 1. The van der Waals surface area contributed by atoms with Gasteiger partial charge in [0.2, 0.25) is 0 Å². The third-order valence-corrected chi connectivity index (χ3v) is 3.37. The molecule has 2 aromatic carbocycles. The van der Waals surface area contributed by atoms with E-state index >= 15 is 0 Å².